The van der Waals surface area contributed by atoms with Crippen LogP contribution in [0.25, 0.3) is 0 Å². The summed E-state index contributed by atoms with van der Waals surface area (Å²) >= 11 is 0. The van der Waals surface area contributed by atoms with Crippen LogP contribution >= 0.6 is 0 Å². The van der Waals surface area contributed by atoms with Crippen LogP contribution in [0.2, 0.25) is 0 Å². The Labute approximate surface area is 208 Å². The van der Waals surface area contributed by atoms with Gasteiger partial charge in [0.25, 0.3) is 5.06 Å². The van der Waals surface area contributed by atoms with Crippen molar-refractivity contribution in [2.24, 2.45) is 0 Å². The molecule has 2 N–H and O–H groups in total. The average Bonchev–Trinajstić information content (AvgIpc) is 2.72. The molecule has 1 unspecified atom stereocenters. The van der Waals surface area contributed by atoms with E-state index in [4.69, 9.17) is 0 Å². The molecule has 1 atom stereocenters. The minimum atomic E-state index is -6.85. The van der Waals surface area contributed by atoms with Gasteiger partial charge >= 0.3 is 23.9 Å². The third-order valence-corrected chi connectivity index (χ3v) is 7.50. The van der Waals surface area contributed by atoms with Crippen molar-refractivity contribution in [3.05, 3.63) is 0 Å². The van der Waals surface area contributed by atoms with Gasteiger partial charge in [-0.25, -0.2) is 13.2 Å². The number of unbranched alkanes of at least 4 members (excludes halogenated alkanes) is 3. The lowest BCUT2D eigenvalue weighted by atomic mass is 9.82. The van der Waals surface area contributed by atoms with Gasteiger partial charge in [0, 0.05) is 32.6 Å². The second kappa shape index (κ2) is 12.9. The van der Waals surface area contributed by atoms with Crippen LogP contribution in [0.1, 0.15) is 105 Å². The summed E-state index contributed by atoms with van der Waals surface area (Å²) < 4.78 is 153. The number of nitrogens with two attached hydrogens (primary N) is 1. The van der Waals surface area contributed by atoms with Crippen LogP contribution < -0.4 is 5.32 Å². The van der Waals surface area contributed by atoms with Crippen LogP contribution in [0, 0.1) is 0 Å². The Morgan fingerprint density at radius 2 is 1.08 bits per heavy atom. The van der Waals surface area contributed by atoms with E-state index in [1.807, 2.05) is 0 Å². The van der Waals surface area contributed by atoms with Crippen molar-refractivity contribution in [3.8, 4) is 0 Å². The molecule has 0 amide bonds. The zero-order valence-electron chi connectivity index (χ0n) is 21.4. The first-order valence-electron chi connectivity index (χ1n) is 12.2. The summed E-state index contributed by atoms with van der Waals surface area (Å²) in [6.07, 6.45) is -4.14. The zero-order valence-corrected chi connectivity index (χ0v) is 22.2. The first-order chi connectivity index (χ1) is 16.2. The molecule has 0 fully saturated rings. The van der Waals surface area contributed by atoms with E-state index >= 15 is 0 Å². The fraction of sp³-hybridized carbons (Fsp3) is 1.00. The second-order valence-corrected chi connectivity index (χ2v) is 11.1. The maximum absolute atomic E-state index is 14.7. The predicted molar refractivity (Wildman–Crippen MR) is 117 cm³/mol. The van der Waals surface area contributed by atoms with E-state index < -0.39 is 57.9 Å². The summed E-state index contributed by atoms with van der Waals surface area (Å²) in [7, 11) is -6.04. The summed E-state index contributed by atoms with van der Waals surface area (Å²) in [5.41, 5.74) is -1.24. The topological polar surface area (TPSA) is 83.0 Å². The second-order valence-electron chi connectivity index (χ2n) is 9.49. The standard InChI is InChI=1S/C22H39F8NO4S/c1-6-10-14-18(15-11-7-2,16-12-8-3)31-19(13-9-4,36(32,33)34)35-22(29,30)21(27,28)20(25,26)17(5,23)24/h31H,6-16H2,1-5H3,(H,32,33,34). The molecule has 0 heterocycles. The highest BCUT2D eigenvalue weighted by atomic mass is 32.2. The summed E-state index contributed by atoms with van der Waals surface area (Å²) in [6.45, 7) is 5.96. The van der Waals surface area contributed by atoms with Gasteiger partial charge in [-0.05, 0) is 25.7 Å². The van der Waals surface area contributed by atoms with Gasteiger partial charge in [0.05, 0.1) is 5.54 Å². The summed E-state index contributed by atoms with van der Waals surface area (Å²) in [5, 5.41) is -3.00. The quantitative estimate of drug-likeness (QED) is 0.112. The SMILES string of the molecule is CCCCC(CCCC)(CCCC)[NH2+]C(CCC)(OC(F)(F)C(F)(F)C(F)(F)C(C)(F)F)S(=O)(=O)[O-]. The van der Waals surface area contributed by atoms with Gasteiger partial charge in [-0.2, -0.15) is 35.1 Å². The number of alkyl halides is 8. The minimum Gasteiger partial charge on any atom is -0.741 e. The maximum atomic E-state index is 14.7. The van der Waals surface area contributed by atoms with Crippen LogP contribution in [0.15, 0.2) is 0 Å². The molecular formula is C22H39F8NO4S. The van der Waals surface area contributed by atoms with Gasteiger partial charge in [-0.1, -0.05) is 47.0 Å². The van der Waals surface area contributed by atoms with Gasteiger partial charge in [0.2, 0.25) is 0 Å². The summed E-state index contributed by atoms with van der Waals surface area (Å²) in [4.78, 5) is 0. The summed E-state index contributed by atoms with van der Waals surface area (Å²) in [5.74, 6) is -19.1. The highest BCUT2D eigenvalue weighted by Gasteiger charge is 2.82. The molecule has 0 bridgehead atoms. The monoisotopic (exact) mass is 565 g/mol. The molecule has 0 aromatic rings. The molecular weight excluding hydrogens is 526 g/mol. The van der Waals surface area contributed by atoms with Crippen molar-refractivity contribution in [2.75, 3.05) is 0 Å². The predicted octanol–water partition coefficient (Wildman–Crippen LogP) is 6.39. The van der Waals surface area contributed by atoms with Gasteiger partial charge in [-0.15, -0.1) is 0 Å². The fourth-order valence-electron chi connectivity index (χ4n) is 4.13. The average molecular weight is 566 g/mol. The molecule has 0 aromatic carbocycles. The summed E-state index contributed by atoms with van der Waals surface area (Å²) in [6, 6.07) is 0. The molecule has 0 aromatic heterocycles. The van der Waals surface area contributed by atoms with Gasteiger partial charge in [-0.3, -0.25) is 0 Å². The fourth-order valence-corrected chi connectivity index (χ4v) is 5.19. The molecule has 14 heteroatoms. The number of halogens is 8. The smallest absolute Gasteiger partial charge is 0.431 e. The van der Waals surface area contributed by atoms with E-state index in [1.54, 1.807) is 20.8 Å². The number of hydrogen-bond acceptors (Lipinski definition) is 4. The first-order valence-corrected chi connectivity index (χ1v) is 13.6. The van der Waals surface area contributed by atoms with Crippen molar-refractivity contribution in [1.29, 1.82) is 0 Å². The van der Waals surface area contributed by atoms with Crippen molar-refractivity contribution in [3.63, 3.8) is 0 Å². The number of quaternary nitrogens is 1. The molecule has 5 nitrogen and oxygen atoms in total. The third-order valence-electron chi connectivity index (χ3n) is 6.24. The van der Waals surface area contributed by atoms with E-state index in [1.165, 1.54) is 6.92 Å². The molecule has 0 saturated carbocycles. The van der Waals surface area contributed by atoms with Crippen molar-refractivity contribution in [1.82, 2.24) is 0 Å². The van der Waals surface area contributed by atoms with E-state index in [0.717, 1.165) is 0 Å². The lowest BCUT2D eigenvalue weighted by Gasteiger charge is -2.45. The molecule has 0 aliphatic rings. The highest BCUT2D eigenvalue weighted by molar-refractivity contribution is 7.86. The van der Waals surface area contributed by atoms with Gasteiger partial charge < -0.3 is 9.87 Å². The van der Waals surface area contributed by atoms with E-state index in [9.17, 15) is 48.1 Å². The van der Waals surface area contributed by atoms with Crippen LogP contribution in [0.3, 0.4) is 0 Å². The largest absolute Gasteiger partial charge is 0.741 e. The van der Waals surface area contributed by atoms with E-state index in [-0.39, 0.29) is 25.7 Å². The molecule has 0 aliphatic carbocycles. The Hall–Kier alpha value is -0.730. The van der Waals surface area contributed by atoms with Crippen molar-refractivity contribution in [2.45, 2.75) is 140 Å². The van der Waals surface area contributed by atoms with Crippen LogP contribution in [-0.4, -0.2) is 47.4 Å². The van der Waals surface area contributed by atoms with Crippen molar-refractivity contribution >= 4 is 10.1 Å². The van der Waals surface area contributed by atoms with Gasteiger partial charge in [0.1, 0.15) is 0 Å². The Morgan fingerprint density at radius 1 is 0.694 bits per heavy atom. The maximum Gasteiger partial charge on any atom is 0.431 e. The van der Waals surface area contributed by atoms with Crippen molar-refractivity contribution < 1.29 is 58.1 Å². The first kappa shape index (κ1) is 35.3. The number of rotatable bonds is 19. The molecule has 0 saturated heterocycles. The Morgan fingerprint density at radius 3 is 1.36 bits per heavy atom. The molecule has 218 valence electrons. The molecule has 0 rings (SSSR count). The Balaban J connectivity index is 6.96. The Kier molecular flexibility index (Phi) is 12.6. The molecule has 36 heavy (non-hydrogen) atoms. The number of hydrogen-bond donors (Lipinski definition) is 1. The lowest BCUT2D eigenvalue weighted by molar-refractivity contribution is -0.816. The third kappa shape index (κ3) is 7.89. The van der Waals surface area contributed by atoms with Gasteiger partial charge in [0.15, 0.2) is 10.1 Å². The van der Waals surface area contributed by atoms with Crippen LogP contribution in [0.4, 0.5) is 35.1 Å². The normalized spacial score (nSPS) is 16.3. The zero-order chi connectivity index (χ0) is 28.7. The van der Waals surface area contributed by atoms with Crippen LogP contribution in [-0.2, 0) is 14.9 Å². The van der Waals surface area contributed by atoms with E-state index in [2.05, 4.69) is 4.74 Å². The van der Waals surface area contributed by atoms with E-state index in [0.29, 0.717) is 43.8 Å². The molecule has 0 spiro atoms. The highest BCUT2D eigenvalue weighted by Crippen LogP contribution is 2.53. The molecule has 0 aliphatic heterocycles. The minimum absolute atomic E-state index is 0.193. The lowest BCUT2D eigenvalue weighted by Crippen LogP contribution is -3.08. The number of ether oxygens (including phenoxy) is 1. The molecule has 0 radical (unpaired) electrons. The van der Waals surface area contributed by atoms with Crippen LogP contribution in [0.5, 0.6) is 0 Å². The Bertz CT molecular complexity index is 747.